The maximum absolute atomic E-state index is 14.7. The summed E-state index contributed by atoms with van der Waals surface area (Å²) in [6, 6.07) is 10.8. The van der Waals surface area contributed by atoms with Gasteiger partial charge < -0.3 is 4.57 Å². The minimum Gasteiger partial charge on any atom is -0.304 e. The number of aryl methyl sites for hydroxylation is 2. The average Bonchev–Trinajstić information content (AvgIpc) is 2.92. The van der Waals surface area contributed by atoms with Crippen LogP contribution >= 0.6 is 0 Å². The molecule has 0 N–H and O–H groups in total. The van der Waals surface area contributed by atoms with Crippen molar-refractivity contribution in [3.05, 3.63) is 76.4 Å². The van der Waals surface area contributed by atoms with Gasteiger partial charge in [-0.25, -0.2) is 17.6 Å². The Kier molecular flexibility index (Phi) is 3.58. The monoisotopic (exact) mass is 357 g/mol. The van der Waals surface area contributed by atoms with Crippen molar-refractivity contribution in [2.24, 2.45) is 0 Å². The van der Waals surface area contributed by atoms with Gasteiger partial charge in [0.15, 0.2) is 23.3 Å². The second-order valence-corrected chi connectivity index (χ2v) is 6.61. The highest BCUT2D eigenvalue weighted by Crippen LogP contribution is 2.36. The number of hydrogen-bond acceptors (Lipinski definition) is 0. The first kappa shape index (κ1) is 16.6. The lowest BCUT2D eigenvalue weighted by molar-refractivity contribution is 0.441. The number of hydrogen-bond donors (Lipinski definition) is 0. The van der Waals surface area contributed by atoms with Crippen molar-refractivity contribution in [1.29, 1.82) is 0 Å². The van der Waals surface area contributed by atoms with E-state index in [0.29, 0.717) is 11.0 Å². The number of halogens is 4. The van der Waals surface area contributed by atoms with Gasteiger partial charge in [-0.2, -0.15) is 0 Å². The quantitative estimate of drug-likeness (QED) is 0.280. The molecular formula is C21H15F4N. The van der Waals surface area contributed by atoms with Gasteiger partial charge in [0.2, 0.25) is 0 Å². The fraction of sp³-hybridized carbons (Fsp3) is 0.143. The van der Waals surface area contributed by atoms with Crippen LogP contribution in [0.5, 0.6) is 0 Å². The van der Waals surface area contributed by atoms with E-state index in [1.165, 1.54) is 4.57 Å². The van der Waals surface area contributed by atoms with Crippen LogP contribution in [-0.2, 0) is 0 Å². The fourth-order valence-corrected chi connectivity index (χ4v) is 3.42. The minimum absolute atomic E-state index is 0.483. The third-order valence-corrected chi connectivity index (χ3v) is 4.76. The lowest BCUT2D eigenvalue weighted by Gasteiger charge is -2.13. The number of aromatic nitrogens is 1. The molecule has 0 unspecified atom stereocenters. The molecule has 26 heavy (non-hydrogen) atoms. The van der Waals surface area contributed by atoms with Crippen LogP contribution < -0.4 is 0 Å². The molecule has 0 fully saturated rings. The summed E-state index contributed by atoms with van der Waals surface area (Å²) in [5.74, 6) is -5.57. The zero-order valence-electron chi connectivity index (χ0n) is 14.4. The van der Waals surface area contributed by atoms with Gasteiger partial charge in [0, 0.05) is 16.3 Å². The first-order valence-electron chi connectivity index (χ1n) is 8.15. The van der Waals surface area contributed by atoms with E-state index in [9.17, 15) is 17.6 Å². The number of nitrogens with zero attached hydrogens (tertiary/aromatic N) is 1. The molecule has 0 saturated heterocycles. The van der Waals surface area contributed by atoms with Crippen LogP contribution in [0.25, 0.3) is 27.5 Å². The third kappa shape index (κ3) is 2.16. The Morgan fingerprint density at radius 1 is 0.615 bits per heavy atom. The molecule has 5 heteroatoms. The SMILES string of the molecule is Cc1ccc2c(c1)c1cc(C)ccc1n2-c1c(F)c(F)c(C)c(F)c1F. The van der Waals surface area contributed by atoms with Gasteiger partial charge in [-0.3, -0.25) is 0 Å². The van der Waals surface area contributed by atoms with Crippen molar-refractivity contribution in [2.45, 2.75) is 20.8 Å². The van der Waals surface area contributed by atoms with Crippen molar-refractivity contribution >= 4 is 21.8 Å². The molecule has 0 saturated carbocycles. The number of benzene rings is 3. The Labute approximate surface area is 147 Å². The van der Waals surface area contributed by atoms with E-state index in [1.807, 2.05) is 26.0 Å². The molecule has 132 valence electrons. The maximum atomic E-state index is 14.7. The van der Waals surface area contributed by atoms with Crippen molar-refractivity contribution in [3.8, 4) is 5.69 Å². The van der Waals surface area contributed by atoms with E-state index in [1.54, 1.807) is 24.3 Å². The number of fused-ring (bicyclic) bond motifs is 3. The second-order valence-electron chi connectivity index (χ2n) is 6.61. The lowest BCUT2D eigenvalue weighted by atomic mass is 10.1. The van der Waals surface area contributed by atoms with Crippen LogP contribution in [0.15, 0.2) is 36.4 Å². The highest BCUT2D eigenvalue weighted by atomic mass is 19.2. The summed E-state index contributed by atoms with van der Waals surface area (Å²) in [7, 11) is 0. The van der Waals surface area contributed by atoms with Gasteiger partial charge in [0.05, 0.1) is 11.0 Å². The van der Waals surface area contributed by atoms with E-state index >= 15 is 0 Å². The van der Waals surface area contributed by atoms with Crippen LogP contribution in [0.3, 0.4) is 0 Å². The van der Waals surface area contributed by atoms with E-state index in [2.05, 4.69) is 0 Å². The Bertz CT molecular complexity index is 1120. The van der Waals surface area contributed by atoms with Gasteiger partial charge in [0.1, 0.15) is 5.69 Å². The summed E-state index contributed by atoms with van der Waals surface area (Å²) < 4.78 is 58.9. The smallest absolute Gasteiger partial charge is 0.186 e. The second kappa shape index (κ2) is 5.59. The Morgan fingerprint density at radius 3 is 1.46 bits per heavy atom. The van der Waals surface area contributed by atoms with Crippen molar-refractivity contribution in [1.82, 2.24) is 4.57 Å². The molecule has 1 nitrogen and oxygen atoms in total. The van der Waals surface area contributed by atoms with Gasteiger partial charge in [-0.05, 0) is 45.0 Å². The standard InChI is InChI=1S/C21H15F4N/c1-10-4-6-15-13(8-10)14-9-11(2)5-7-16(14)26(15)21-19(24)17(22)12(3)18(23)20(21)25/h4-9H,1-3H3. The van der Waals surface area contributed by atoms with Crippen LogP contribution in [0.2, 0.25) is 0 Å². The predicted molar refractivity (Wildman–Crippen MR) is 94.8 cm³/mol. The molecule has 0 aliphatic carbocycles. The van der Waals surface area contributed by atoms with Gasteiger partial charge in [0.25, 0.3) is 0 Å². The molecule has 1 aromatic heterocycles. The molecule has 0 radical (unpaired) electrons. The lowest BCUT2D eigenvalue weighted by Crippen LogP contribution is -2.09. The van der Waals surface area contributed by atoms with Crippen molar-refractivity contribution < 1.29 is 17.6 Å². The maximum Gasteiger partial charge on any atom is 0.186 e. The molecule has 0 spiro atoms. The zero-order valence-corrected chi connectivity index (χ0v) is 14.4. The van der Waals surface area contributed by atoms with Gasteiger partial charge >= 0.3 is 0 Å². The van der Waals surface area contributed by atoms with Crippen molar-refractivity contribution in [3.63, 3.8) is 0 Å². The Balaban J connectivity index is 2.26. The van der Waals surface area contributed by atoms with Crippen LogP contribution in [0.1, 0.15) is 16.7 Å². The molecule has 0 amide bonds. The topological polar surface area (TPSA) is 4.93 Å². The minimum atomic E-state index is -1.40. The van der Waals surface area contributed by atoms with Crippen LogP contribution in [0, 0.1) is 44.0 Å². The molecule has 0 bridgehead atoms. The molecule has 4 aromatic rings. The zero-order chi connectivity index (χ0) is 18.7. The van der Waals surface area contributed by atoms with Crippen LogP contribution in [0.4, 0.5) is 17.6 Å². The number of rotatable bonds is 1. The van der Waals surface area contributed by atoms with E-state index in [4.69, 9.17) is 0 Å². The molecule has 3 aromatic carbocycles. The highest BCUT2D eigenvalue weighted by Gasteiger charge is 2.26. The third-order valence-electron chi connectivity index (χ3n) is 4.76. The summed E-state index contributed by atoms with van der Waals surface area (Å²) in [6.45, 7) is 4.83. The molecule has 1 heterocycles. The van der Waals surface area contributed by atoms with E-state index in [-0.39, 0.29) is 0 Å². The predicted octanol–water partition coefficient (Wildman–Crippen LogP) is 6.27. The Hall–Kier alpha value is -2.82. The van der Waals surface area contributed by atoms with E-state index in [0.717, 1.165) is 28.8 Å². The Morgan fingerprint density at radius 2 is 1.04 bits per heavy atom. The van der Waals surface area contributed by atoms with Crippen molar-refractivity contribution in [2.75, 3.05) is 0 Å². The average molecular weight is 357 g/mol. The summed E-state index contributed by atoms with van der Waals surface area (Å²) in [4.78, 5) is 0. The van der Waals surface area contributed by atoms with Crippen LogP contribution in [-0.4, -0.2) is 4.57 Å². The molecule has 0 aliphatic heterocycles. The molecule has 4 rings (SSSR count). The summed E-state index contributed by atoms with van der Waals surface area (Å²) in [5.41, 5.74) is 1.50. The first-order chi connectivity index (χ1) is 12.3. The summed E-state index contributed by atoms with van der Waals surface area (Å²) in [6.07, 6.45) is 0. The molecular weight excluding hydrogens is 342 g/mol. The van der Waals surface area contributed by atoms with E-state index < -0.39 is 34.5 Å². The fourth-order valence-electron chi connectivity index (χ4n) is 3.42. The summed E-state index contributed by atoms with van der Waals surface area (Å²) >= 11 is 0. The largest absolute Gasteiger partial charge is 0.304 e. The van der Waals surface area contributed by atoms with Gasteiger partial charge in [-0.1, -0.05) is 23.3 Å². The molecule has 0 atom stereocenters. The summed E-state index contributed by atoms with van der Waals surface area (Å²) in [5, 5.41) is 1.53. The molecule has 0 aliphatic rings. The normalized spacial score (nSPS) is 11.7. The first-order valence-corrected chi connectivity index (χ1v) is 8.15. The highest BCUT2D eigenvalue weighted by molar-refractivity contribution is 6.09. The van der Waals surface area contributed by atoms with Gasteiger partial charge in [-0.15, -0.1) is 0 Å².